The highest BCUT2D eigenvalue weighted by molar-refractivity contribution is 6.02. The zero-order valence-electron chi connectivity index (χ0n) is 14.8. The van der Waals surface area contributed by atoms with E-state index in [2.05, 4.69) is 32.2 Å². The molecule has 1 amide bonds. The van der Waals surface area contributed by atoms with Crippen LogP contribution in [0.25, 0.3) is 0 Å². The number of anilines is 1. The number of nitrogens with zero attached hydrogens (tertiary/aromatic N) is 4. The average molecular weight is 341 g/mol. The van der Waals surface area contributed by atoms with E-state index < -0.39 is 0 Å². The number of piperidine rings is 1. The van der Waals surface area contributed by atoms with Crippen molar-refractivity contribution in [1.82, 2.24) is 19.9 Å². The van der Waals surface area contributed by atoms with Gasteiger partial charge in [-0.05, 0) is 45.9 Å². The topological polar surface area (TPSA) is 80.2 Å². The molecule has 0 saturated carbocycles. The van der Waals surface area contributed by atoms with Gasteiger partial charge in [0.15, 0.2) is 0 Å². The number of hydrogen-bond donors (Lipinski definition) is 1. The number of aromatic nitrogens is 3. The number of carbonyl (C=O) groups excluding carboxylic acids is 1. The molecule has 1 aliphatic heterocycles. The summed E-state index contributed by atoms with van der Waals surface area (Å²) in [6.45, 7) is 5.80. The molecular formula is C18H23N5O2. The first-order valence-corrected chi connectivity index (χ1v) is 8.44. The Kier molecular flexibility index (Phi) is 5.23. The van der Waals surface area contributed by atoms with E-state index in [0.29, 0.717) is 11.6 Å². The molecule has 25 heavy (non-hydrogen) atoms. The first-order chi connectivity index (χ1) is 12.0. The van der Waals surface area contributed by atoms with Gasteiger partial charge in [0, 0.05) is 18.8 Å². The lowest BCUT2D eigenvalue weighted by atomic mass is 10.1. The lowest BCUT2D eigenvalue weighted by Crippen LogP contribution is -2.35. The molecule has 132 valence electrons. The minimum Gasteiger partial charge on any atom is -0.473 e. The maximum atomic E-state index is 12.3. The molecule has 0 aromatic carbocycles. The molecule has 7 nitrogen and oxygen atoms in total. The van der Waals surface area contributed by atoms with E-state index in [9.17, 15) is 4.79 Å². The van der Waals surface area contributed by atoms with Crippen LogP contribution in [0.1, 0.15) is 34.7 Å². The van der Waals surface area contributed by atoms with Crippen molar-refractivity contribution in [2.24, 2.45) is 0 Å². The van der Waals surface area contributed by atoms with Gasteiger partial charge < -0.3 is 15.0 Å². The van der Waals surface area contributed by atoms with Gasteiger partial charge in [-0.15, -0.1) is 0 Å². The predicted octanol–water partition coefficient (Wildman–Crippen LogP) is 2.21. The molecular weight excluding hydrogens is 318 g/mol. The van der Waals surface area contributed by atoms with Gasteiger partial charge in [-0.25, -0.2) is 9.97 Å². The molecule has 0 spiro atoms. The normalized spacial score (nSPS) is 15.8. The Morgan fingerprint density at radius 2 is 1.96 bits per heavy atom. The quantitative estimate of drug-likeness (QED) is 0.918. The second kappa shape index (κ2) is 7.57. The van der Waals surface area contributed by atoms with Crippen LogP contribution in [0.2, 0.25) is 0 Å². The largest absolute Gasteiger partial charge is 0.473 e. The summed E-state index contributed by atoms with van der Waals surface area (Å²) in [7, 11) is 2.11. The molecule has 0 radical (unpaired) electrons. The third kappa shape index (κ3) is 4.51. The minimum atomic E-state index is -0.313. The van der Waals surface area contributed by atoms with Gasteiger partial charge in [-0.1, -0.05) is 0 Å². The van der Waals surface area contributed by atoms with Gasteiger partial charge in [0.2, 0.25) is 5.88 Å². The van der Waals surface area contributed by atoms with E-state index in [1.807, 2.05) is 26.0 Å². The molecule has 0 bridgehead atoms. The fourth-order valence-corrected chi connectivity index (χ4v) is 2.77. The van der Waals surface area contributed by atoms with Crippen LogP contribution in [0.5, 0.6) is 5.88 Å². The number of rotatable bonds is 4. The third-order valence-corrected chi connectivity index (χ3v) is 4.29. The maximum Gasteiger partial charge on any atom is 0.275 e. The zero-order valence-corrected chi connectivity index (χ0v) is 14.8. The van der Waals surface area contributed by atoms with E-state index in [0.717, 1.165) is 37.3 Å². The van der Waals surface area contributed by atoms with E-state index in [4.69, 9.17) is 4.74 Å². The number of ether oxygens (including phenoxy) is 1. The summed E-state index contributed by atoms with van der Waals surface area (Å²) in [5.41, 5.74) is 2.59. The van der Waals surface area contributed by atoms with Crippen LogP contribution in [0, 0.1) is 13.8 Å². The molecule has 2 aromatic heterocycles. The number of hydrogen-bond acceptors (Lipinski definition) is 6. The molecule has 1 saturated heterocycles. The molecule has 1 aliphatic rings. The van der Waals surface area contributed by atoms with Crippen LogP contribution in [0.3, 0.4) is 0 Å². The molecule has 7 heteroatoms. The van der Waals surface area contributed by atoms with Gasteiger partial charge >= 0.3 is 0 Å². The molecule has 3 heterocycles. The number of amides is 1. The highest BCUT2D eigenvalue weighted by Gasteiger charge is 2.19. The fraction of sp³-hybridized carbons (Fsp3) is 0.444. The Balaban J connectivity index is 1.60. The third-order valence-electron chi connectivity index (χ3n) is 4.29. The Morgan fingerprint density at radius 3 is 2.60 bits per heavy atom. The first kappa shape index (κ1) is 17.3. The molecule has 0 aliphatic carbocycles. The fourth-order valence-electron chi connectivity index (χ4n) is 2.77. The maximum absolute atomic E-state index is 12.3. The summed E-state index contributed by atoms with van der Waals surface area (Å²) >= 11 is 0. The van der Waals surface area contributed by atoms with Crippen molar-refractivity contribution < 1.29 is 9.53 Å². The summed E-state index contributed by atoms with van der Waals surface area (Å²) < 4.78 is 5.85. The second-order valence-electron chi connectivity index (χ2n) is 6.40. The molecule has 1 N–H and O–H groups in total. The standard InChI is InChI=1S/C18H23N5O2/c1-12-4-5-15(13(2)21-12)22-18(24)16-10-20-17(11-19-16)25-14-6-8-23(3)9-7-14/h4-5,10-11,14H,6-9H2,1-3H3,(H,22,24). The van der Waals surface area contributed by atoms with Crippen molar-refractivity contribution in [3.8, 4) is 5.88 Å². The van der Waals surface area contributed by atoms with E-state index in [-0.39, 0.29) is 17.7 Å². The second-order valence-corrected chi connectivity index (χ2v) is 6.40. The highest BCUT2D eigenvalue weighted by Crippen LogP contribution is 2.17. The van der Waals surface area contributed by atoms with Crippen LogP contribution in [-0.2, 0) is 0 Å². The number of nitrogens with one attached hydrogen (secondary N) is 1. The first-order valence-electron chi connectivity index (χ1n) is 8.44. The van der Waals surface area contributed by atoms with Crippen molar-refractivity contribution in [1.29, 1.82) is 0 Å². The van der Waals surface area contributed by atoms with Crippen LogP contribution in [0.15, 0.2) is 24.5 Å². The van der Waals surface area contributed by atoms with Crippen molar-refractivity contribution >= 4 is 11.6 Å². The van der Waals surface area contributed by atoms with Crippen molar-refractivity contribution in [2.75, 3.05) is 25.5 Å². The summed E-state index contributed by atoms with van der Waals surface area (Å²) in [5, 5.41) is 2.81. The predicted molar refractivity (Wildman–Crippen MR) is 94.8 cm³/mol. The summed E-state index contributed by atoms with van der Waals surface area (Å²) in [5.74, 6) is 0.145. The van der Waals surface area contributed by atoms with E-state index in [1.54, 1.807) is 0 Å². The lowest BCUT2D eigenvalue weighted by molar-refractivity contribution is 0.101. The van der Waals surface area contributed by atoms with Gasteiger partial charge in [0.05, 0.1) is 23.8 Å². The van der Waals surface area contributed by atoms with Crippen molar-refractivity contribution in [3.05, 3.63) is 41.6 Å². The Labute approximate surface area is 147 Å². The average Bonchev–Trinajstić information content (AvgIpc) is 2.60. The molecule has 2 aromatic rings. The molecule has 3 rings (SSSR count). The number of likely N-dealkylation sites (tertiary alicyclic amines) is 1. The number of carbonyl (C=O) groups is 1. The van der Waals surface area contributed by atoms with Crippen LogP contribution in [0.4, 0.5) is 5.69 Å². The number of aryl methyl sites for hydroxylation is 2. The van der Waals surface area contributed by atoms with Gasteiger partial charge in [0.25, 0.3) is 5.91 Å². The van der Waals surface area contributed by atoms with E-state index >= 15 is 0 Å². The van der Waals surface area contributed by atoms with Crippen LogP contribution in [-0.4, -0.2) is 52.0 Å². The lowest BCUT2D eigenvalue weighted by Gasteiger charge is -2.28. The SMILES string of the molecule is Cc1ccc(NC(=O)c2cnc(OC3CCN(C)CC3)cn2)c(C)n1. The highest BCUT2D eigenvalue weighted by atomic mass is 16.5. The Morgan fingerprint density at radius 1 is 1.20 bits per heavy atom. The van der Waals surface area contributed by atoms with Gasteiger partial charge in [-0.2, -0.15) is 0 Å². The summed E-state index contributed by atoms with van der Waals surface area (Å²) in [6, 6.07) is 3.69. The smallest absolute Gasteiger partial charge is 0.275 e. The molecule has 1 fully saturated rings. The van der Waals surface area contributed by atoms with Gasteiger partial charge in [0.1, 0.15) is 11.8 Å². The Bertz CT molecular complexity index is 740. The molecule has 0 unspecified atom stereocenters. The van der Waals surface area contributed by atoms with Crippen molar-refractivity contribution in [2.45, 2.75) is 32.8 Å². The minimum absolute atomic E-state index is 0.159. The van der Waals surface area contributed by atoms with Crippen LogP contribution >= 0.6 is 0 Å². The van der Waals surface area contributed by atoms with Gasteiger partial charge in [-0.3, -0.25) is 9.78 Å². The van der Waals surface area contributed by atoms with Crippen molar-refractivity contribution in [3.63, 3.8) is 0 Å². The summed E-state index contributed by atoms with van der Waals surface area (Å²) in [6.07, 6.45) is 5.05. The Hall–Kier alpha value is -2.54. The number of pyridine rings is 1. The van der Waals surface area contributed by atoms with Crippen LogP contribution < -0.4 is 10.1 Å². The zero-order chi connectivity index (χ0) is 17.8. The molecule has 0 atom stereocenters. The van der Waals surface area contributed by atoms with E-state index in [1.165, 1.54) is 12.4 Å². The monoisotopic (exact) mass is 341 g/mol. The summed E-state index contributed by atoms with van der Waals surface area (Å²) in [4.78, 5) is 27.3.